The predicted octanol–water partition coefficient (Wildman–Crippen LogP) is 5.08. The van der Waals surface area contributed by atoms with E-state index in [9.17, 15) is 0 Å². The third-order valence-electron chi connectivity index (χ3n) is 4.30. The largest absolute Gasteiger partial charge is 0.351 e. The maximum absolute atomic E-state index is 5.55. The molecule has 2 N–H and O–H groups in total. The highest BCUT2D eigenvalue weighted by atomic mass is 32.1. The molecule has 3 aromatic rings. The van der Waals surface area contributed by atoms with Gasteiger partial charge in [0.1, 0.15) is 5.82 Å². The normalized spacial score (nSPS) is 11.7. The lowest BCUT2D eigenvalue weighted by Crippen LogP contribution is -2.33. The summed E-state index contributed by atoms with van der Waals surface area (Å²) < 4.78 is 0. The van der Waals surface area contributed by atoms with Crippen molar-refractivity contribution in [1.82, 2.24) is 10.3 Å². The summed E-state index contributed by atoms with van der Waals surface area (Å²) in [5.74, 6) is 0.737. The molecule has 0 aliphatic rings. The van der Waals surface area contributed by atoms with Crippen LogP contribution in [0.3, 0.4) is 0 Å². The third kappa shape index (κ3) is 4.46. The van der Waals surface area contributed by atoms with Crippen LogP contribution >= 0.6 is 12.2 Å². The van der Waals surface area contributed by atoms with Crippen molar-refractivity contribution in [2.45, 2.75) is 26.8 Å². The van der Waals surface area contributed by atoms with Gasteiger partial charge in [-0.05, 0) is 61.3 Å². The fourth-order valence-electron chi connectivity index (χ4n) is 2.96. The van der Waals surface area contributed by atoms with E-state index in [4.69, 9.17) is 12.2 Å². The Morgan fingerprint density at radius 3 is 2.31 bits per heavy atom. The number of hydrogen-bond donors (Lipinski definition) is 2. The van der Waals surface area contributed by atoms with Gasteiger partial charge in [-0.25, -0.2) is 4.98 Å². The smallest absolute Gasteiger partial charge is 0.172 e. The standard InChI is InChI=1S/C22H23N3S/c1-15-9-11-19(17(3)13-15)21(18-7-5-4-6-8-18)25-22(26)24-20-12-10-16(2)14-23-20/h4-14,21H,1-3H3,(H2,23,24,25,26)/t21-/m1/s1. The molecular weight excluding hydrogens is 338 g/mol. The van der Waals surface area contributed by atoms with E-state index in [1.807, 2.05) is 43.5 Å². The minimum Gasteiger partial charge on any atom is -0.351 e. The minimum absolute atomic E-state index is 0.0257. The van der Waals surface area contributed by atoms with Gasteiger partial charge in [0, 0.05) is 6.20 Å². The lowest BCUT2D eigenvalue weighted by atomic mass is 9.94. The molecule has 0 saturated carbocycles. The van der Waals surface area contributed by atoms with Crippen molar-refractivity contribution < 1.29 is 0 Å². The van der Waals surface area contributed by atoms with E-state index >= 15 is 0 Å². The first kappa shape index (κ1) is 18.1. The Balaban J connectivity index is 1.86. The maximum Gasteiger partial charge on any atom is 0.172 e. The monoisotopic (exact) mass is 361 g/mol. The van der Waals surface area contributed by atoms with Crippen LogP contribution in [0.5, 0.6) is 0 Å². The van der Waals surface area contributed by atoms with Gasteiger partial charge in [0.25, 0.3) is 0 Å². The molecule has 3 nitrogen and oxygen atoms in total. The molecule has 26 heavy (non-hydrogen) atoms. The quantitative estimate of drug-likeness (QED) is 0.635. The highest BCUT2D eigenvalue weighted by molar-refractivity contribution is 7.80. The van der Waals surface area contributed by atoms with Gasteiger partial charge in [-0.15, -0.1) is 0 Å². The number of anilines is 1. The molecule has 0 unspecified atom stereocenters. The Hall–Kier alpha value is -2.72. The number of aryl methyl sites for hydroxylation is 3. The Morgan fingerprint density at radius 1 is 0.923 bits per heavy atom. The average molecular weight is 362 g/mol. The lowest BCUT2D eigenvalue weighted by Gasteiger charge is -2.23. The molecule has 1 aromatic heterocycles. The molecule has 0 spiro atoms. The van der Waals surface area contributed by atoms with Gasteiger partial charge in [-0.1, -0.05) is 60.2 Å². The Bertz CT molecular complexity index is 889. The average Bonchev–Trinajstić information content (AvgIpc) is 2.63. The molecule has 1 heterocycles. The topological polar surface area (TPSA) is 37.0 Å². The molecule has 0 aliphatic carbocycles. The number of nitrogens with zero attached hydrogens (tertiary/aromatic N) is 1. The molecule has 0 radical (unpaired) electrons. The van der Waals surface area contributed by atoms with Crippen LogP contribution in [0.4, 0.5) is 5.82 Å². The molecule has 4 heteroatoms. The van der Waals surface area contributed by atoms with Gasteiger partial charge in [-0.2, -0.15) is 0 Å². The van der Waals surface area contributed by atoms with Gasteiger partial charge in [-0.3, -0.25) is 0 Å². The van der Waals surface area contributed by atoms with Crippen LogP contribution in [-0.2, 0) is 0 Å². The van der Waals surface area contributed by atoms with E-state index in [1.54, 1.807) is 0 Å². The van der Waals surface area contributed by atoms with Crippen molar-refractivity contribution in [1.29, 1.82) is 0 Å². The number of pyridine rings is 1. The number of thiocarbonyl (C=S) groups is 1. The van der Waals surface area contributed by atoms with Gasteiger partial charge in [0.05, 0.1) is 6.04 Å². The maximum atomic E-state index is 5.55. The molecule has 0 saturated heterocycles. The second kappa shape index (κ2) is 8.11. The fourth-order valence-corrected chi connectivity index (χ4v) is 3.18. The summed E-state index contributed by atoms with van der Waals surface area (Å²) in [4.78, 5) is 4.36. The van der Waals surface area contributed by atoms with Crippen molar-refractivity contribution in [3.63, 3.8) is 0 Å². The molecule has 2 aromatic carbocycles. The van der Waals surface area contributed by atoms with Crippen LogP contribution in [0.15, 0.2) is 66.9 Å². The molecular formula is C22H23N3S. The summed E-state index contributed by atoms with van der Waals surface area (Å²) in [6.45, 7) is 6.26. The van der Waals surface area contributed by atoms with Gasteiger partial charge >= 0.3 is 0 Å². The van der Waals surface area contributed by atoms with Gasteiger partial charge in [0.15, 0.2) is 5.11 Å². The summed E-state index contributed by atoms with van der Waals surface area (Å²) in [5, 5.41) is 7.18. The SMILES string of the molecule is Cc1ccc(NC(=S)N[C@H](c2ccccc2)c2ccc(C)cc2C)nc1. The van der Waals surface area contributed by atoms with Crippen LogP contribution in [0.25, 0.3) is 0 Å². The summed E-state index contributed by atoms with van der Waals surface area (Å²) in [7, 11) is 0. The molecule has 0 amide bonds. The van der Waals surface area contributed by atoms with E-state index in [0.717, 1.165) is 11.4 Å². The van der Waals surface area contributed by atoms with Crippen LogP contribution in [0.1, 0.15) is 33.9 Å². The van der Waals surface area contributed by atoms with Crippen molar-refractivity contribution in [3.05, 3.63) is 94.7 Å². The van der Waals surface area contributed by atoms with E-state index in [2.05, 4.69) is 59.8 Å². The van der Waals surface area contributed by atoms with E-state index < -0.39 is 0 Å². The number of hydrogen-bond acceptors (Lipinski definition) is 2. The van der Waals surface area contributed by atoms with E-state index in [1.165, 1.54) is 22.3 Å². The van der Waals surface area contributed by atoms with Crippen molar-refractivity contribution in [3.8, 4) is 0 Å². The molecule has 3 rings (SSSR count). The van der Waals surface area contributed by atoms with Gasteiger partial charge < -0.3 is 10.6 Å². The second-order valence-corrected chi connectivity index (χ2v) is 6.93. The predicted molar refractivity (Wildman–Crippen MR) is 113 cm³/mol. The van der Waals surface area contributed by atoms with Crippen molar-refractivity contribution in [2.24, 2.45) is 0 Å². The number of aromatic nitrogens is 1. The van der Waals surface area contributed by atoms with Gasteiger partial charge in [0.2, 0.25) is 0 Å². The number of nitrogens with one attached hydrogen (secondary N) is 2. The summed E-state index contributed by atoms with van der Waals surface area (Å²) >= 11 is 5.55. The van der Waals surface area contributed by atoms with E-state index in [0.29, 0.717) is 5.11 Å². The fraction of sp³-hybridized carbons (Fsp3) is 0.182. The summed E-state index contributed by atoms with van der Waals surface area (Å²) in [5.41, 5.74) is 5.99. The van der Waals surface area contributed by atoms with Crippen molar-refractivity contribution >= 4 is 23.1 Å². The van der Waals surface area contributed by atoms with Crippen molar-refractivity contribution in [2.75, 3.05) is 5.32 Å². The summed E-state index contributed by atoms with van der Waals surface area (Å²) in [6, 6.07) is 20.8. The molecule has 0 aliphatic heterocycles. The van der Waals surface area contributed by atoms with Crippen LogP contribution in [0.2, 0.25) is 0 Å². The summed E-state index contributed by atoms with van der Waals surface area (Å²) in [6.07, 6.45) is 1.82. The first-order valence-electron chi connectivity index (χ1n) is 8.65. The molecule has 0 fully saturated rings. The Morgan fingerprint density at radius 2 is 1.65 bits per heavy atom. The molecule has 0 bridgehead atoms. The van der Waals surface area contributed by atoms with E-state index in [-0.39, 0.29) is 6.04 Å². The highest BCUT2D eigenvalue weighted by Crippen LogP contribution is 2.25. The Kier molecular flexibility index (Phi) is 5.64. The van der Waals surface area contributed by atoms with Crippen LogP contribution in [-0.4, -0.2) is 10.1 Å². The second-order valence-electron chi connectivity index (χ2n) is 6.52. The van der Waals surface area contributed by atoms with Crippen LogP contribution in [0, 0.1) is 20.8 Å². The first-order chi connectivity index (χ1) is 12.5. The van der Waals surface area contributed by atoms with Crippen LogP contribution < -0.4 is 10.6 Å². The highest BCUT2D eigenvalue weighted by Gasteiger charge is 2.17. The number of rotatable bonds is 4. The molecule has 132 valence electrons. The third-order valence-corrected chi connectivity index (χ3v) is 4.52. The zero-order valence-electron chi connectivity index (χ0n) is 15.3. The zero-order valence-corrected chi connectivity index (χ0v) is 16.1. The first-order valence-corrected chi connectivity index (χ1v) is 9.06. The minimum atomic E-state index is -0.0257. The zero-order chi connectivity index (χ0) is 18.5. The lowest BCUT2D eigenvalue weighted by molar-refractivity contribution is 0.761. The number of benzene rings is 2. The molecule has 1 atom stereocenters. The Labute approximate surface area is 160 Å².